The molecule has 0 aliphatic carbocycles. The molecular weight excluding hydrogens is 630 g/mol. The van der Waals surface area contributed by atoms with Crippen molar-refractivity contribution in [2.45, 2.75) is 0 Å². The zero-order valence-corrected chi connectivity index (χ0v) is 27.5. The largest absolute Gasteiger partial charge is 0.437 e. The van der Waals surface area contributed by atoms with Gasteiger partial charge in [0.15, 0.2) is 0 Å². The molecule has 230 valence electrons. The Morgan fingerprint density at radius 1 is 0.375 bits per heavy atom. The van der Waals surface area contributed by atoms with Gasteiger partial charge < -0.3 is 9.05 Å². The van der Waals surface area contributed by atoms with Gasteiger partial charge in [0, 0.05) is 22.8 Å². The van der Waals surface area contributed by atoms with E-state index < -0.39 is 14.7 Å². The van der Waals surface area contributed by atoms with Crippen molar-refractivity contribution in [3.05, 3.63) is 168 Å². The zero-order valence-electron chi connectivity index (χ0n) is 25.7. The Kier molecular flexibility index (Phi) is 6.66. The minimum absolute atomic E-state index is 0.614. The van der Waals surface area contributed by atoms with E-state index in [0.717, 1.165) is 54.9 Å². The minimum Gasteiger partial charge on any atom is -0.437 e. The van der Waals surface area contributed by atoms with Crippen LogP contribution in [0.4, 0.5) is 0 Å². The number of para-hydroxylation sites is 2. The highest BCUT2D eigenvalue weighted by Crippen LogP contribution is 2.57. The first-order valence-corrected chi connectivity index (χ1v) is 19.2. The van der Waals surface area contributed by atoms with Crippen molar-refractivity contribution in [2.75, 3.05) is 0 Å². The van der Waals surface area contributed by atoms with E-state index in [9.17, 15) is 9.13 Å². The molecular formula is C42H28O4P2. The summed E-state index contributed by atoms with van der Waals surface area (Å²) in [5, 5.41) is 5.31. The fourth-order valence-electron chi connectivity index (χ4n) is 7.00. The molecule has 0 N–H and O–H groups in total. The van der Waals surface area contributed by atoms with E-state index in [2.05, 4.69) is 24.3 Å². The van der Waals surface area contributed by atoms with Gasteiger partial charge in [0.25, 0.3) is 14.7 Å². The van der Waals surface area contributed by atoms with Gasteiger partial charge in [-0.3, -0.25) is 9.13 Å². The maximum atomic E-state index is 14.7. The van der Waals surface area contributed by atoms with Crippen LogP contribution in [0.5, 0.6) is 11.5 Å². The van der Waals surface area contributed by atoms with Gasteiger partial charge in [0.2, 0.25) is 0 Å². The van der Waals surface area contributed by atoms with Gasteiger partial charge in [0.05, 0.1) is 10.6 Å². The Balaban J connectivity index is 1.20. The van der Waals surface area contributed by atoms with Crippen molar-refractivity contribution < 1.29 is 18.2 Å². The van der Waals surface area contributed by atoms with Gasteiger partial charge in [-0.15, -0.1) is 0 Å². The van der Waals surface area contributed by atoms with Crippen LogP contribution in [0.25, 0.3) is 56.0 Å². The van der Waals surface area contributed by atoms with Gasteiger partial charge in [-0.25, -0.2) is 0 Å². The summed E-state index contributed by atoms with van der Waals surface area (Å²) in [5.74, 6) is 4.72. The number of fused-ring (bicyclic) bond motifs is 8. The van der Waals surface area contributed by atoms with Crippen LogP contribution in [0.3, 0.4) is 0 Å². The number of benzene rings is 7. The van der Waals surface area contributed by atoms with E-state index in [0.29, 0.717) is 22.1 Å². The summed E-state index contributed by atoms with van der Waals surface area (Å²) in [6, 6.07) is 47.3. The molecule has 4 nitrogen and oxygen atoms in total. The highest BCUT2D eigenvalue weighted by Gasteiger charge is 2.35. The second-order valence-electron chi connectivity index (χ2n) is 12.0. The molecule has 0 radical (unpaired) electrons. The van der Waals surface area contributed by atoms with E-state index in [4.69, 9.17) is 9.05 Å². The molecule has 0 bridgehead atoms. The van der Waals surface area contributed by atoms with Crippen LogP contribution in [-0.2, 0) is 9.13 Å². The van der Waals surface area contributed by atoms with Gasteiger partial charge >= 0.3 is 0 Å². The van der Waals surface area contributed by atoms with Crippen molar-refractivity contribution in [3.63, 3.8) is 0 Å². The Morgan fingerprint density at radius 3 is 1.08 bits per heavy atom. The monoisotopic (exact) mass is 658 g/mol. The second-order valence-corrected chi connectivity index (χ2v) is 16.3. The fourth-order valence-corrected chi connectivity index (χ4v) is 10.9. The van der Waals surface area contributed by atoms with Crippen molar-refractivity contribution in [1.29, 1.82) is 0 Å². The van der Waals surface area contributed by atoms with Crippen LogP contribution in [0, 0.1) is 0 Å². The van der Waals surface area contributed by atoms with E-state index >= 15 is 0 Å². The van der Waals surface area contributed by atoms with Crippen molar-refractivity contribution in [2.24, 2.45) is 0 Å². The standard InChI is InChI=1S/C42H28O4P2/c43-47(41-23-11-7-19-37(41)35-17-5-9-21-39(35)45-47)27-25-33-29-13-1-2-14-30(29)34(32-16-4-3-15-31(32)33)26-28-48(44)42-24-12-8-20-38(42)36-18-6-10-22-40(36)46-48/h1-28H. The van der Waals surface area contributed by atoms with Crippen molar-refractivity contribution in [1.82, 2.24) is 0 Å². The molecule has 0 fully saturated rings. The smallest absolute Gasteiger partial charge is 0.300 e. The van der Waals surface area contributed by atoms with Gasteiger partial charge in [-0.1, -0.05) is 121 Å². The Labute approximate surface area is 278 Å². The molecule has 7 aromatic rings. The molecule has 9 rings (SSSR count). The predicted molar refractivity (Wildman–Crippen MR) is 199 cm³/mol. The van der Waals surface area contributed by atoms with Crippen LogP contribution in [0.2, 0.25) is 0 Å². The number of hydrogen-bond acceptors (Lipinski definition) is 4. The summed E-state index contributed by atoms with van der Waals surface area (Å²) >= 11 is 0. The molecule has 48 heavy (non-hydrogen) atoms. The predicted octanol–water partition coefficient (Wildman–Crippen LogP) is 11.3. The van der Waals surface area contributed by atoms with Gasteiger partial charge in [0.1, 0.15) is 11.5 Å². The van der Waals surface area contributed by atoms with Crippen LogP contribution in [-0.4, -0.2) is 0 Å². The molecule has 2 heterocycles. The molecule has 0 spiro atoms. The minimum atomic E-state index is -3.42. The van der Waals surface area contributed by atoms with E-state index in [1.807, 2.05) is 133 Å². The number of rotatable bonds is 4. The summed E-state index contributed by atoms with van der Waals surface area (Å²) in [6.45, 7) is 0. The average molecular weight is 659 g/mol. The molecule has 2 aliphatic heterocycles. The van der Waals surface area contributed by atoms with Crippen molar-refractivity contribution >= 4 is 59.0 Å². The lowest BCUT2D eigenvalue weighted by atomic mass is 9.92. The van der Waals surface area contributed by atoms with Gasteiger partial charge in [-0.05, 0) is 80.2 Å². The summed E-state index contributed by atoms with van der Waals surface area (Å²) in [4.78, 5) is 0. The van der Waals surface area contributed by atoms with E-state index in [1.54, 1.807) is 11.6 Å². The number of hydrogen-bond donors (Lipinski definition) is 0. The van der Waals surface area contributed by atoms with E-state index in [-0.39, 0.29) is 0 Å². The molecule has 6 heteroatoms. The van der Waals surface area contributed by atoms with Crippen LogP contribution in [0.1, 0.15) is 11.1 Å². The normalized spacial score (nSPS) is 19.3. The maximum absolute atomic E-state index is 14.7. The highest BCUT2D eigenvalue weighted by atomic mass is 31.2. The topological polar surface area (TPSA) is 52.6 Å². The van der Waals surface area contributed by atoms with E-state index in [1.165, 1.54) is 0 Å². The molecule has 2 unspecified atom stereocenters. The van der Waals surface area contributed by atoms with Crippen molar-refractivity contribution in [3.8, 4) is 33.8 Å². The SMILES string of the molecule is O=P1(C=Cc2c3ccccc3c(C=CP3(=O)Oc4ccccc4-c4ccccc43)c3ccccc23)Oc2ccccc2-c2ccccc21. The lowest BCUT2D eigenvalue weighted by Gasteiger charge is -2.27. The Morgan fingerprint density at radius 2 is 0.688 bits per heavy atom. The first kappa shape index (κ1) is 28.8. The van der Waals surface area contributed by atoms with Crippen LogP contribution in [0.15, 0.2) is 157 Å². The molecule has 2 atom stereocenters. The summed E-state index contributed by atoms with van der Waals surface area (Å²) < 4.78 is 41.9. The maximum Gasteiger partial charge on any atom is 0.300 e. The third kappa shape index (κ3) is 4.53. The lowest BCUT2D eigenvalue weighted by molar-refractivity contribution is 0.500. The molecule has 2 aliphatic rings. The Bertz CT molecular complexity index is 2360. The second kappa shape index (κ2) is 11.1. The molecule has 0 aromatic heterocycles. The molecule has 0 saturated carbocycles. The lowest BCUT2D eigenvalue weighted by Crippen LogP contribution is -2.16. The molecule has 7 aromatic carbocycles. The molecule has 0 saturated heterocycles. The quantitative estimate of drug-likeness (QED) is 0.140. The fraction of sp³-hybridized carbons (Fsp3) is 0. The van der Waals surface area contributed by atoms with Crippen LogP contribution < -0.4 is 19.7 Å². The Hall–Kier alpha value is -5.40. The molecule has 0 amide bonds. The first-order chi connectivity index (χ1) is 23.5. The third-order valence-electron chi connectivity index (χ3n) is 9.19. The first-order valence-electron chi connectivity index (χ1n) is 15.8. The van der Waals surface area contributed by atoms with Crippen LogP contribution >= 0.6 is 14.7 Å². The van der Waals surface area contributed by atoms with Gasteiger partial charge in [-0.2, -0.15) is 0 Å². The third-order valence-corrected chi connectivity index (χ3v) is 13.3. The highest BCUT2D eigenvalue weighted by molar-refractivity contribution is 7.71. The summed E-state index contributed by atoms with van der Waals surface area (Å²) in [5.41, 5.74) is 5.60. The average Bonchev–Trinajstić information content (AvgIpc) is 3.13. The summed E-state index contributed by atoms with van der Waals surface area (Å²) in [7, 11) is -6.83. The zero-order chi connectivity index (χ0) is 32.3. The summed E-state index contributed by atoms with van der Waals surface area (Å²) in [6.07, 6.45) is 3.90.